The summed E-state index contributed by atoms with van der Waals surface area (Å²) in [5.41, 5.74) is 5.17. The van der Waals surface area contributed by atoms with Crippen molar-refractivity contribution in [3.05, 3.63) is 70.5 Å². The van der Waals surface area contributed by atoms with Gasteiger partial charge in [-0.15, -0.1) is 0 Å². The van der Waals surface area contributed by atoms with Crippen LogP contribution < -0.4 is 30.4 Å². The normalized spacial score (nSPS) is 11.5. The Labute approximate surface area is 181 Å². The number of nitro groups is 1. The minimum atomic E-state index is -0.642. The van der Waals surface area contributed by atoms with E-state index in [1.165, 1.54) is 0 Å². The molecule has 32 heavy (non-hydrogen) atoms. The van der Waals surface area contributed by atoms with Gasteiger partial charge < -0.3 is 19.5 Å². The van der Waals surface area contributed by atoms with Crippen LogP contribution in [0.3, 0.4) is 0 Å². The molecule has 0 fully saturated rings. The van der Waals surface area contributed by atoms with Crippen molar-refractivity contribution in [1.82, 2.24) is 15.4 Å². The van der Waals surface area contributed by atoms with Gasteiger partial charge in [0, 0.05) is 6.54 Å². The number of para-hydroxylation sites is 1. The average Bonchev–Trinajstić information content (AvgIpc) is 3.28. The summed E-state index contributed by atoms with van der Waals surface area (Å²) < 4.78 is 15.9. The number of anilines is 2. The number of hydrogen-bond donors (Lipinski definition) is 3. The van der Waals surface area contributed by atoms with E-state index in [0.717, 1.165) is 11.9 Å². The van der Waals surface area contributed by atoms with Gasteiger partial charge in [-0.1, -0.05) is 24.3 Å². The van der Waals surface area contributed by atoms with E-state index in [2.05, 4.69) is 26.1 Å². The van der Waals surface area contributed by atoms with E-state index in [-0.39, 0.29) is 31.6 Å². The van der Waals surface area contributed by atoms with Crippen LogP contribution in [-0.2, 0) is 11.3 Å². The number of hydrogen-bond acceptors (Lipinski definition) is 10. The number of nitrogens with zero attached hydrogens (tertiary/aromatic N) is 3. The topological polar surface area (TPSA) is 150 Å². The first-order valence-electron chi connectivity index (χ1n) is 9.44. The maximum atomic E-state index is 12.0. The summed E-state index contributed by atoms with van der Waals surface area (Å²) in [7, 11) is 0. The van der Waals surface area contributed by atoms with Gasteiger partial charge in [0.05, 0.1) is 4.92 Å². The van der Waals surface area contributed by atoms with E-state index >= 15 is 0 Å². The first kappa shape index (κ1) is 20.7. The van der Waals surface area contributed by atoms with Crippen LogP contribution in [0, 0.1) is 10.1 Å². The number of carbonyl (C=O) groups is 1. The predicted octanol–water partition coefficient (Wildman–Crippen LogP) is 2.25. The SMILES string of the molecule is O=C(COc1ccccc1)NNc1ncnc(NCc2ccc3c(c2)OCO3)c1[N+](=O)[O-]. The van der Waals surface area contributed by atoms with Crippen molar-refractivity contribution in [1.29, 1.82) is 0 Å². The molecule has 1 aliphatic heterocycles. The Morgan fingerprint density at radius 3 is 2.69 bits per heavy atom. The number of rotatable bonds is 9. The van der Waals surface area contributed by atoms with Crippen molar-refractivity contribution in [3.63, 3.8) is 0 Å². The molecule has 3 N–H and O–H groups in total. The molecule has 0 radical (unpaired) electrons. The quantitative estimate of drug-likeness (QED) is 0.335. The number of amides is 1. The van der Waals surface area contributed by atoms with E-state index in [1.54, 1.807) is 42.5 Å². The first-order valence-corrected chi connectivity index (χ1v) is 9.44. The lowest BCUT2D eigenvalue weighted by molar-refractivity contribution is -0.383. The highest BCUT2D eigenvalue weighted by Crippen LogP contribution is 2.33. The zero-order valence-electron chi connectivity index (χ0n) is 16.6. The van der Waals surface area contributed by atoms with E-state index in [9.17, 15) is 14.9 Å². The smallest absolute Gasteiger partial charge is 0.354 e. The fourth-order valence-corrected chi connectivity index (χ4v) is 2.84. The van der Waals surface area contributed by atoms with Crippen molar-refractivity contribution in [2.24, 2.45) is 0 Å². The van der Waals surface area contributed by atoms with Gasteiger partial charge in [-0.25, -0.2) is 9.97 Å². The molecule has 0 aliphatic carbocycles. The minimum absolute atomic E-state index is 0.0139. The van der Waals surface area contributed by atoms with Crippen molar-refractivity contribution >= 4 is 23.2 Å². The Morgan fingerprint density at radius 1 is 1.09 bits per heavy atom. The second-order valence-corrected chi connectivity index (χ2v) is 6.49. The molecule has 2 aromatic carbocycles. The summed E-state index contributed by atoms with van der Waals surface area (Å²) in [5.74, 6) is 1.03. The van der Waals surface area contributed by atoms with Crippen LogP contribution in [-0.4, -0.2) is 34.2 Å². The number of benzene rings is 2. The number of carbonyl (C=O) groups excluding carboxylic acids is 1. The van der Waals surface area contributed by atoms with Gasteiger partial charge in [-0.2, -0.15) is 0 Å². The van der Waals surface area contributed by atoms with E-state index in [0.29, 0.717) is 17.2 Å². The van der Waals surface area contributed by atoms with Gasteiger partial charge >= 0.3 is 5.69 Å². The standard InChI is InChI=1S/C20H18N6O6/c27-17(10-30-14-4-2-1-3-5-14)24-25-20-18(26(28)29)19(22-11-23-20)21-9-13-6-7-15-16(8-13)32-12-31-15/h1-8,11H,9-10,12H2,(H,24,27)(H2,21,22,23,25). The van der Waals surface area contributed by atoms with E-state index in [1.807, 2.05) is 6.07 Å². The predicted molar refractivity (Wildman–Crippen MR) is 112 cm³/mol. The zero-order valence-corrected chi connectivity index (χ0v) is 16.6. The molecule has 0 bridgehead atoms. The number of hydrazine groups is 1. The minimum Gasteiger partial charge on any atom is -0.484 e. The number of aromatic nitrogens is 2. The van der Waals surface area contributed by atoms with Crippen molar-refractivity contribution in [3.8, 4) is 17.2 Å². The molecule has 1 aromatic heterocycles. The second-order valence-electron chi connectivity index (χ2n) is 6.49. The van der Waals surface area contributed by atoms with Crippen LogP contribution in [0.2, 0.25) is 0 Å². The van der Waals surface area contributed by atoms with E-state index < -0.39 is 16.5 Å². The summed E-state index contributed by atoms with van der Waals surface area (Å²) in [6, 6.07) is 14.1. The van der Waals surface area contributed by atoms with Gasteiger partial charge in [0.1, 0.15) is 12.1 Å². The third-order valence-electron chi connectivity index (χ3n) is 4.34. The largest absolute Gasteiger partial charge is 0.484 e. The van der Waals surface area contributed by atoms with Crippen molar-refractivity contribution in [2.45, 2.75) is 6.54 Å². The zero-order chi connectivity index (χ0) is 22.3. The summed E-state index contributed by atoms with van der Waals surface area (Å²) in [6.07, 6.45) is 1.14. The van der Waals surface area contributed by atoms with Gasteiger partial charge in [0.25, 0.3) is 5.91 Å². The summed E-state index contributed by atoms with van der Waals surface area (Å²) >= 11 is 0. The fourth-order valence-electron chi connectivity index (χ4n) is 2.84. The molecule has 0 saturated carbocycles. The molecule has 12 heteroatoms. The first-order chi connectivity index (χ1) is 15.6. The van der Waals surface area contributed by atoms with Gasteiger partial charge in [-0.05, 0) is 29.8 Å². The third kappa shape index (κ3) is 4.92. The molecule has 1 amide bonds. The molecule has 1 aliphatic rings. The Morgan fingerprint density at radius 2 is 1.88 bits per heavy atom. The molecular weight excluding hydrogens is 420 g/mol. The van der Waals surface area contributed by atoms with Crippen LogP contribution in [0.5, 0.6) is 17.2 Å². The molecule has 0 unspecified atom stereocenters. The van der Waals surface area contributed by atoms with Crippen LogP contribution in [0.1, 0.15) is 5.56 Å². The average molecular weight is 438 g/mol. The van der Waals surface area contributed by atoms with Crippen molar-refractivity contribution < 1.29 is 23.9 Å². The Bertz CT molecular complexity index is 1130. The summed E-state index contributed by atoms with van der Waals surface area (Å²) in [5, 5.41) is 14.5. The number of fused-ring (bicyclic) bond motifs is 1. The summed E-state index contributed by atoms with van der Waals surface area (Å²) in [4.78, 5) is 30.8. The molecule has 0 spiro atoms. The molecule has 4 rings (SSSR count). The monoisotopic (exact) mass is 438 g/mol. The Kier molecular flexibility index (Phi) is 6.11. The molecule has 3 aromatic rings. The number of ether oxygens (including phenoxy) is 3. The van der Waals surface area contributed by atoms with E-state index in [4.69, 9.17) is 14.2 Å². The Hall–Kier alpha value is -4.61. The highest BCUT2D eigenvalue weighted by Gasteiger charge is 2.23. The molecule has 2 heterocycles. The molecule has 12 nitrogen and oxygen atoms in total. The third-order valence-corrected chi connectivity index (χ3v) is 4.34. The lowest BCUT2D eigenvalue weighted by atomic mass is 10.2. The van der Waals surface area contributed by atoms with Gasteiger partial charge in [-0.3, -0.25) is 25.8 Å². The molecule has 0 atom stereocenters. The maximum absolute atomic E-state index is 12.0. The van der Waals surface area contributed by atoms with Gasteiger partial charge in [0.15, 0.2) is 18.1 Å². The molecule has 164 valence electrons. The van der Waals surface area contributed by atoms with Crippen LogP contribution >= 0.6 is 0 Å². The second kappa shape index (κ2) is 9.47. The van der Waals surface area contributed by atoms with Crippen LogP contribution in [0.4, 0.5) is 17.3 Å². The summed E-state index contributed by atoms with van der Waals surface area (Å²) in [6.45, 7) is 0.108. The number of nitrogens with one attached hydrogen (secondary N) is 3. The van der Waals surface area contributed by atoms with Crippen LogP contribution in [0.15, 0.2) is 54.9 Å². The highest BCUT2D eigenvalue weighted by atomic mass is 16.7. The Balaban J connectivity index is 1.39. The van der Waals surface area contributed by atoms with Gasteiger partial charge in [0.2, 0.25) is 18.4 Å². The van der Waals surface area contributed by atoms with Crippen molar-refractivity contribution in [2.75, 3.05) is 24.1 Å². The lowest BCUT2D eigenvalue weighted by Gasteiger charge is -2.11. The fraction of sp³-hybridized carbons (Fsp3) is 0.150. The highest BCUT2D eigenvalue weighted by molar-refractivity contribution is 5.80. The van der Waals surface area contributed by atoms with Crippen LogP contribution in [0.25, 0.3) is 0 Å². The maximum Gasteiger partial charge on any atom is 0.354 e. The molecule has 0 saturated heterocycles. The molecular formula is C20H18N6O6. The lowest BCUT2D eigenvalue weighted by Crippen LogP contribution is -2.34.